The number of nitrogens with zero attached hydrogens (tertiary/aromatic N) is 1. The standard InChI is InChI=1S/C14H16Cl3N3O4/c15-14(16,17)13(18-8-11-2-1-7-24-11)19-12(21)9-3-5-10(6-4-9)20(22)23/h3-6,11,13,18H,1-2,7-8H2,(H,19,21)/t11-,13+/m1/s1. The van der Waals surface area contributed by atoms with Crippen molar-refractivity contribution in [2.75, 3.05) is 13.2 Å². The number of nitro benzene ring substituents is 1. The van der Waals surface area contributed by atoms with E-state index in [4.69, 9.17) is 39.5 Å². The maximum Gasteiger partial charge on any atom is 0.269 e. The summed E-state index contributed by atoms with van der Waals surface area (Å²) in [5, 5.41) is 16.2. The molecule has 1 aliphatic rings. The van der Waals surface area contributed by atoms with Crippen LogP contribution in [0, 0.1) is 10.1 Å². The zero-order valence-corrected chi connectivity index (χ0v) is 14.8. The molecule has 0 aromatic heterocycles. The van der Waals surface area contributed by atoms with Crippen molar-refractivity contribution in [1.29, 1.82) is 0 Å². The summed E-state index contributed by atoms with van der Waals surface area (Å²) in [5.41, 5.74) is 0.111. The molecule has 2 atom stereocenters. The molecule has 0 radical (unpaired) electrons. The van der Waals surface area contributed by atoms with Crippen molar-refractivity contribution in [3.63, 3.8) is 0 Å². The van der Waals surface area contributed by atoms with E-state index < -0.39 is 20.8 Å². The Morgan fingerprint density at radius 1 is 1.38 bits per heavy atom. The minimum Gasteiger partial charge on any atom is -0.377 e. The van der Waals surface area contributed by atoms with Crippen molar-refractivity contribution < 1.29 is 14.5 Å². The Labute approximate surface area is 153 Å². The molecule has 1 amide bonds. The van der Waals surface area contributed by atoms with Gasteiger partial charge in [0.1, 0.15) is 6.17 Å². The van der Waals surface area contributed by atoms with Gasteiger partial charge in [-0.25, -0.2) is 0 Å². The van der Waals surface area contributed by atoms with Crippen LogP contribution >= 0.6 is 34.8 Å². The van der Waals surface area contributed by atoms with E-state index in [-0.39, 0.29) is 17.4 Å². The van der Waals surface area contributed by atoms with Crippen LogP contribution < -0.4 is 10.6 Å². The van der Waals surface area contributed by atoms with Crippen molar-refractivity contribution in [3.8, 4) is 0 Å². The number of nitrogens with one attached hydrogen (secondary N) is 2. The number of alkyl halides is 3. The third kappa shape index (κ3) is 5.46. The molecule has 0 aliphatic carbocycles. The van der Waals surface area contributed by atoms with Gasteiger partial charge in [-0.3, -0.25) is 20.2 Å². The van der Waals surface area contributed by atoms with Gasteiger partial charge in [0.2, 0.25) is 3.79 Å². The maximum atomic E-state index is 12.3. The van der Waals surface area contributed by atoms with Crippen molar-refractivity contribution in [2.24, 2.45) is 0 Å². The number of carbonyl (C=O) groups is 1. The maximum absolute atomic E-state index is 12.3. The molecule has 0 saturated carbocycles. The average molecular weight is 397 g/mol. The highest BCUT2D eigenvalue weighted by atomic mass is 35.6. The first kappa shape index (κ1) is 19.2. The lowest BCUT2D eigenvalue weighted by Crippen LogP contribution is -2.54. The molecule has 1 heterocycles. The minimum atomic E-state index is -1.77. The summed E-state index contributed by atoms with van der Waals surface area (Å²) in [6, 6.07) is 5.14. The molecular formula is C14H16Cl3N3O4. The van der Waals surface area contributed by atoms with Crippen molar-refractivity contribution in [1.82, 2.24) is 10.6 Å². The minimum absolute atomic E-state index is 0.0103. The monoisotopic (exact) mass is 395 g/mol. The Hall–Kier alpha value is -1.12. The van der Waals surface area contributed by atoms with E-state index in [1.807, 2.05) is 0 Å². The lowest BCUT2D eigenvalue weighted by atomic mass is 10.2. The first-order valence-electron chi connectivity index (χ1n) is 7.24. The summed E-state index contributed by atoms with van der Waals surface area (Å²) in [4.78, 5) is 22.3. The summed E-state index contributed by atoms with van der Waals surface area (Å²) in [5.74, 6) is -0.513. The highest BCUT2D eigenvalue weighted by Gasteiger charge is 2.34. The number of halogens is 3. The topological polar surface area (TPSA) is 93.5 Å². The van der Waals surface area contributed by atoms with Crippen LogP contribution in [0.5, 0.6) is 0 Å². The number of ether oxygens (including phenoxy) is 1. The molecule has 10 heteroatoms. The predicted octanol–water partition coefficient (Wildman–Crippen LogP) is 2.79. The molecule has 132 valence electrons. The summed E-state index contributed by atoms with van der Waals surface area (Å²) in [6.07, 6.45) is 0.945. The largest absolute Gasteiger partial charge is 0.377 e. The van der Waals surface area contributed by atoms with Gasteiger partial charge in [-0.05, 0) is 25.0 Å². The third-order valence-electron chi connectivity index (χ3n) is 3.52. The number of rotatable bonds is 6. The highest BCUT2D eigenvalue weighted by Crippen LogP contribution is 2.29. The van der Waals surface area contributed by atoms with Crippen LogP contribution in [-0.2, 0) is 4.74 Å². The quantitative estimate of drug-likeness (QED) is 0.334. The Balaban J connectivity index is 1.99. The van der Waals surface area contributed by atoms with Crippen LogP contribution in [-0.4, -0.2) is 40.0 Å². The lowest BCUT2D eigenvalue weighted by molar-refractivity contribution is -0.384. The van der Waals surface area contributed by atoms with Crippen LogP contribution in [0.2, 0.25) is 0 Å². The molecule has 1 aliphatic heterocycles. The number of nitro groups is 1. The van der Waals surface area contributed by atoms with Crippen molar-refractivity contribution in [3.05, 3.63) is 39.9 Å². The lowest BCUT2D eigenvalue weighted by Gasteiger charge is -2.27. The molecule has 1 saturated heterocycles. The normalized spacial score (nSPS) is 19.0. The van der Waals surface area contributed by atoms with Gasteiger partial charge in [0.05, 0.1) is 11.0 Å². The van der Waals surface area contributed by atoms with Gasteiger partial charge in [0, 0.05) is 30.8 Å². The Bertz CT molecular complexity index is 586. The van der Waals surface area contributed by atoms with Crippen LogP contribution in [0.3, 0.4) is 0 Å². The molecule has 7 nitrogen and oxygen atoms in total. The van der Waals surface area contributed by atoms with Gasteiger partial charge in [-0.15, -0.1) is 0 Å². The molecule has 1 aromatic rings. The van der Waals surface area contributed by atoms with E-state index in [9.17, 15) is 14.9 Å². The highest BCUT2D eigenvalue weighted by molar-refractivity contribution is 6.68. The smallest absolute Gasteiger partial charge is 0.269 e. The van der Waals surface area contributed by atoms with Gasteiger partial charge in [-0.2, -0.15) is 0 Å². The van der Waals surface area contributed by atoms with Gasteiger partial charge in [0.15, 0.2) is 0 Å². The second kappa shape index (κ2) is 8.31. The SMILES string of the molecule is O=C(N[C@H](NC[C@H]1CCCO1)C(Cl)(Cl)Cl)c1ccc([N+](=O)[O-])cc1. The third-order valence-corrected chi connectivity index (χ3v) is 4.17. The van der Waals surface area contributed by atoms with Gasteiger partial charge < -0.3 is 10.1 Å². The fourth-order valence-electron chi connectivity index (χ4n) is 2.25. The van der Waals surface area contributed by atoms with Crippen LogP contribution in [0.25, 0.3) is 0 Å². The number of benzene rings is 1. The van der Waals surface area contributed by atoms with Crippen LogP contribution in [0.4, 0.5) is 5.69 Å². The first-order valence-corrected chi connectivity index (χ1v) is 8.38. The van der Waals surface area contributed by atoms with Gasteiger partial charge in [0.25, 0.3) is 11.6 Å². The van der Waals surface area contributed by atoms with Crippen LogP contribution in [0.1, 0.15) is 23.2 Å². The van der Waals surface area contributed by atoms with Crippen molar-refractivity contribution >= 4 is 46.4 Å². The fraction of sp³-hybridized carbons (Fsp3) is 0.500. The molecule has 0 spiro atoms. The molecule has 1 aromatic carbocycles. The van der Waals surface area contributed by atoms with Crippen molar-refractivity contribution in [2.45, 2.75) is 28.9 Å². The first-order chi connectivity index (χ1) is 11.3. The van der Waals surface area contributed by atoms with Crippen LogP contribution in [0.15, 0.2) is 24.3 Å². The van der Waals surface area contributed by atoms with E-state index in [0.717, 1.165) is 12.8 Å². The molecule has 1 fully saturated rings. The molecular weight excluding hydrogens is 381 g/mol. The zero-order valence-electron chi connectivity index (χ0n) is 12.5. The van der Waals surface area contributed by atoms with Gasteiger partial charge >= 0.3 is 0 Å². The van der Waals surface area contributed by atoms with E-state index in [2.05, 4.69) is 10.6 Å². The zero-order chi connectivity index (χ0) is 17.7. The predicted molar refractivity (Wildman–Crippen MR) is 91.6 cm³/mol. The summed E-state index contributed by atoms with van der Waals surface area (Å²) >= 11 is 17.7. The van der Waals surface area contributed by atoms with E-state index in [0.29, 0.717) is 13.2 Å². The van der Waals surface area contributed by atoms with E-state index in [1.54, 1.807) is 0 Å². The van der Waals surface area contributed by atoms with Gasteiger partial charge in [-0.1, -0.05) is 34.8 Å². The number of hydrogen-bond donors (Lipinski definition) is 2. The second-order valence-corrected chi connectivity index (χ2v) is 7.66. The molecule has 24 heavy (non-hydrogen) atoms. The number of amides is 1. The Kier molecular flexibility index (Phi) is 6.65. The molecule has 0 bridgehead atoms. The summed E-state index contributed by atoms with van der Waals surface area (Å²) in [7, 11) is 0. The van der Waals surface area contributed by atoms with E-state index >= 15 is 0 Å². The van der Waals surface area contributed by atoms with E-state index in [1.165, 1.54) is 24.3 Å². The molecule has 0 unspecified atom stereocenters. The molecule has 2 rings (SSSR count). The summed E-state index contributed by atoms with van der Waals surface area (Å²) < 4.78 is 3.70. The Morgan fingerprint density at radius 3 is 2.54 bits per heavy atom. The second-order valence-electron chi connectivity index (χ2n) is 5.30. The number of non-ortho nitro benzene ring substituents is 1. The summed E-state index contributed by atoms with van der Waals surface area (Å²) in [6.45, 7) is 1.12. The fourth-order valence-corrected chi connectivity index (χ4v) is 2.65. The average Bonchev–Trinajstić information content (AvgIpc) is 3.03. The Morgan fingerprint density at radius 2 is 2.04 bits per heavy atom. The number of hydrogen-bond acceptors (Lipinski definition) is 5. The molecule has 2 N–H and O–H groups in total. The number of carbonyl (C=O) groups excluding carboxylic acids is 1.